The predicted octanol–water partition coefficient (Wildman–Crippen LogP) is 2.82. The summed E-state index contributed by atoms with van der Waals surface area (Å²) in [5.41, 5.74) is 3.79. The second kappa shape index (κ2) is 11.3. The van der Waals surface area contributed by atoms with E-state index in [1.807, 2.05) is 36.4 Å². The highest BCUT2D eigenvalue weighted by Crippen LogP contribution is 2.12. The van der Waals surface area contributed by atoms with Crippen molar-refractivity contribution >= 4 is 11.7 Å². The number of aromatic nitrogens is 2. The Morgan fingerprint density at radius 3 is 2.47 bits per heavy atom. The minimum Gasteiger partial charge on any atom is -0.387 e. The molecular weight excluding hydrogens is 404 g/mol. The zero-order valence-corrected chi connectivity index (χ0v) is 18.4. The molecule has 32 heavy (non-hydrogen) atoms. The van der Waals surface area contributed by atoms with Crippen LogP contribution in [0.15, 0.2) is 67.1 Å². The first-order valence-electron chi connectivity index (χ1n) is 10.5. The van der Waals surface area contributed by atoms with Gasteiger partial charge in [0.05, 0.1) is 6.10 Å². The molecule has 0 bridgehead atoms. The standard InChI is InChI=1S/C25H28N4O3/c1-18(30)23-10-9-22(15-28-23)24(31)16-27-13-11-19-5-7-21(8-6-19)25(32)29(2)17-20-4-3-12-26-14-20/h3-10,12,14-15,24,27,31H,11,13,16-17H2,1-2H3/t24-/m0/s1. The van der Waals surface area contributed by atoms with E-state index in [0.717, 1.165) is 17.5 Å². The van der Waals surface area contributed by atoms with E-state index in [1.54, 1.807) is 36.5 Å². The summed E-state index contributed by atoms with van der Waals surface area (Å²) in [6.45, 7) is 3.04. The number of Topliss-reactive ketones (excluding diaryl/α,β-unsaturated/α-hetero) is 1. The van der Waals surface area contributed by atoms with Gasteiger partial charge in [-0.15, -0.1) is 0 Å². The molecule has 0 aliphatic heterocycles. The monoisotopic (exact) mass is 432 g/mol. The first kappa shape index (κ1) is 23.2. The molecule has 3 rings (SSSR count). The number of hydrogen-bond acceptors (Lipinski definition) is 6. The number of aliphatic hydroxyl groups excluding tert-OH is 1. The van der Waals surface area contributed by atoms with Crippen molar-refractivity contribution in [1.29, 1.82) is 0 Å². The molecule has 1 amide bonds. The van der Waals surface area contributed by atoms with Crippen LogP contribution in [0.5, 0.6) is 0 Å². The molecular formula is C25H28N4O3. The largest absolute Gasteiger partial charge is 0.387 e. The molecule has 0 saturated heterocycles. The summed E-state index contributed by atoms with van der Waals surface area (Å²) in [7, 11) is 1.78. The van der Waals surface area contributed by atoms with E-state index in [0.29, 0.717) is 36.5 Å². The lowest BCUT2D eigenvalue weighted by atomic mass is 10.1. The van der Waals surface area contributed by atoms with Crippen molar-refractivity contribution in [3.05, 3.63) is 95.1 Å². The van der Waals surface area contributed by atoms with Gasteiger partial charge in [-0.1, -0.05) is 24.3 Å². The number of pyridine rings is 2. The molecule has 1 aromatic carbocycles. The molecule has 1 atom stereocenters. The number of hydrogen-bond donors (Lipinski definition) is 2. The first-order valence-corrected chi connectivity index (χ1v) is 10.5. The Kier molecular flexibility index (Phi) is 8.19. The van der Waals surface area contributed by atoms with Crippen LogP contribution in [0.3, 0.4) is 0 Å². The van der Waals surface area contributed by atoms with E-state index in [-0.39, 0.29) is 11.7 Å². The Bertz CT molecular complexity index is 1020. The zero-order valence-electron chi connectivity index (χ0n) is 18.4. The molecule has 3 aromatic rings. The fourth-order valence-electron chi connectivity index (χ4n) is 3.27. The Hall–Kier alpha value is -3.42. The molecule has 7 heteroatoms. The first-order chi connectivity index (χ1) is 15.4. The van der Waals surface area contributed by atoms with Gasteiger partial charge in [-0.2, -0.15) is 0 Å². The lowest BCUT2D eigenvalue weighted by Gasteiger charge is -2.17. The summed E-state index contributed by atoms with van der Waals surface area (Å²) in [5.74, 6) is -0.136. The molecule has 0 aliphatic rings. The Morgan fingerprint density at radius 1 is 1.06 bits per heavy atom. The maximum absolute atomic E-state index is 12.6. The molecule has 7 nitrogen and oxygen atoms in total. The normalized spacial score (nSPS) is 11.7. The molecule has 0 saturated carbocycles. The van der Waals surface area contributed by atoms with Crippen molar-refractivity contribution in [3.63, 3.8) is 0 Å². The second-order valence-electron chi connectivity index (χ2n) is 7.72. The number of aliphatic hydroxyl groups is 1. The van der Waals surface area contributed by atoms with Gasteiger partial charge < -0.3 is 15.3 Å². The number of carbonyl (C=O) groups excluding carboxylic acids is 2. The molecule has 0 fully saturated rings. The van der Waals surface area contributed by atoms with E-state index in [1.165, 1.54) is 13.1 Å². The van der Waals surface area contributed by atoms with Crippen molar-refractivity contribution in [2.24, 2.45) is 0 Å². The minimum atomic E-state index is -0.696. The number of nitrogens with zero attached hydrogens (tertiary/aromatic N) is 3. The third-order valence-corrected chi connectivity index (χ3v) is 5.15. The summed E-state index contributed by atoms with van der Waals surface area (Å²) in [5, 5.41) is 13.5. The van der Waals surface area contributed by atoms with Crippen molar-refractivity contribution in [2.75, 3.05) is 20.1 Å². The van der Waals surface area contributed by atoms with E-state index in [9.17, 15) is 14.7 Å². The Balaban J connectivity index is 1.43. The van der Waals surface area contributed by atoms with Crippen molar-refractivity contribution in [3.8, 4) is 0 Å². The molecule has 0 aliphatic carbocycles. The number of carbonyl (C=O) groups is 2. The fourth-order valence-corrected chi connectivity index (χ4v) is 3.27. The van der Waals surface area contributed by atoms with Crippen molar-refractivity contribution in [2.45, 2.75) is 26.0 Å². The summed E-state index contributed by atoms with van der Waals surface area (Å²) >= 11 is 0. The van der Waals surface area contributed by atoms with Crippen LogP contribution in [-0.4, -0.2) is 51.8 Å². The fraction of sp³-hybridized carbons (Fsp3) is 0.280. The van der Waals surface area contributed by atoms with Crippen LogP contribution in [-0.2, 0) is 13.0 Å². The van der Waals surface area contributed by atoms with Gasteiger partial charge in [0.1, 0.15) is 5.69 Å². The average molecular weight is 433 g/mol. The van der Waals surface area contributed by atoms with Gasteiger partial charge in [-0.05, 0) is 48.4 Å². The summed E-state index contributed by atoms with van der Waals surface area (Å²) in [4.78, 5) is 33.7. The Labute approximate surface area is 188 Å². The predicted molar refractivity (Wildman–Crippen MR) is 122 cm³/mol. The highest BCUT2D eigenvalue weighted by Gasteiger charge is 2.12. The van der Waals surface area contributed by atoms with E-state index in [2.05, 4.69) is 15.3 Å². The van der Waals surface area contributed by atoms with Crippen LogP contribution < -0.4 is 5.32 Å². The molecule has 0 spiro atoms. The third-order valence-electron chi connectivity index (χ3n) is 5.15. The average Bonchev–Trinajstić information content (AvgIpc) is 2.82. The third kappa shape index (κ3) is 6.54. The summed E-state index contributed by atoms with van der Waals surface area (Å²) < 4.78 is 0. The summed E-state index contributed by atoms with van der Waals surface area (Å²) in [6.07, 6.45) is 5.08. The summed E-state index contributed by atoms with van der Waals surface area (Å²) in [6, 6.07) is 14.7. The van der Waals surface area contributed by atoms with E-state index < -0.39 is 6.10 Å². The van der Waals surface area contributed by atoms with Crippen LogP contribution in [0, 0.1) is 0 Å². The highest BCUT2D eigenvalue weighted by molar-refractivity contribution is 5.94. The van der Waals surface area contributed by atoms with E-state index >= 15 is 0 Å². The van der Waals surface area contributed by atoms with Crippen LogP contribution in [0.1, 0.15) is 50.6 Å². The molecule has 2 N–H and O–H groups in total. The topological polar surface area (TPSA) is 95.4 Å². The maximum Gasteiger partial charge on any atom is 0.253 e. The smallest absolute Gasteiger partial charge is 0.253 e. The molecule has 0 radical (unpaired) electrons. The number of rotatable bonds is 10. The molecule has 166 valence electrons. The van der Waals surface area contributed by atoms with Crippen LogP contribution >= 0.6 is 0 Å². The van der Waals surface area contributed by atoms with Gasteiger partial charge in [-0.25, -0.2) is 0 Å². The van der Waals surface area contributed by atoms with Gasteiger partial charge in [0, 0.05) is 56.8 Å². The number of amides is 1. The van der Waals surface area contributed by atoms with Gasteiger partial charge in [-0.3, -0.25) is 19.6 Å². The zero-order chi connectivity index (χ0) is 22.9. The van der Waals surface area contributed by atoms with Crippen LogP contribution in [0.2, 0.25) is 0 Å². The van der Waals surface area contributed by atoms with Gasteiger partial charge in [0.15, 0.2) is 5.78 Å². The van der Waals surface area contributed by atoms with Crippen LogP contribution in [0.4, 0.5) is 0 Å². The van der Waals surface area contributed by atoms with E-state index in [4.69, 9.17) is 0 Å². The SMILES string of the molecule is CC(=O)c1ccc([C@@H](O)CNCCc2ccc(C(=O)N(C)Cc3cccnc3)cc2)cn1. The second-order valence-corrected chi connectivity index (χ2v) is 7.72. The number of benzene rings is 1. The molecule has 2 aromatic heterocycles. The maximum atomic E-state index is 12.6. The Morgan fingerprint density at radius 2 is 1.84 bits per heavy atom. The molecule has 0 unspecified atom stereocenters. The number of nitrogens with one attached hydrogen (secondary N) is 1. The van der Waals surface area contributed by atoms with Gasteiger partial charge >= 0.3 is 0 Å². The molecule has 2 heterocycles. The van der Waals surface area contributed by atoms with Gasteiger partial charge in [0.25, 0.3) is 5.91 Å². The minimum absolute atomic E-state index is 0.0361. The lowest BCUT2D eigenvalue weighted by molar-refractivity contribution is 0.0784. The quantitative estimate of drug-likeness (QED) is 0.378. The van der Waals surface area contributed by atoms with Gasteiger partial charge in [0.2, 0.25) is 0 Å². The highest BCUT2D eigenvalue weighted by atomic mass is 16.3. The van der Waals surface area contributed by atoms with Crippen molar-refractivity contribution < 1.29 is 14.7 Å². The van der Waals surface area contributed by atoms with Crippen LogP contribution in [0.25, 0.3) is 0 Å². The lowest BCUT2D eigenvalue weighted by Crippen LogP contribution is -2.26. The van der Waals surface area contributed by atoms with Crippen molar-refractivity contribution in [1.82, 2.24) is 20.2 Å². The number of ketones is 1.